The molecule has 0 aliphatic carbocycles. The topological polar surface area (TPSA) is 38.0 Å². The van der Waals surface area contributed by atoms with Gasteiger partial charge in [-0.2, -0.15) is 0 Å². The molecule has 3 N–H and O–H groups in total. The lowest BCUT2D eigenvalue weighted by molar-refractivity contribution is 0.495. The fourth-order valence-electron chi connectivity index (χ4n) is 1.64. The average molecular weight is 192 g/mol. The predicted octanol–water partition coefficient (Wildman–Crippen LogP) is 2.69. The molecule has 2 heteroatoms. The van der Waals surface area contributed by atoms with Crippen molar-refractivity contribution in [3.63, 3.8) is 0 Å². The van der Waals surface area contributed by atoms with Gasteiger partial charge in [-0.3, -0.25) is 11.3 Å². The number of rotatable bonds is 5. The molecule has 0 aliphatic rings. The largest absolute Gasteiger partial charge is 0.271 e. The molecule has 0 heterocycles. The van der Waals surface area contributed by atoms with Gasteiger partial charge in [0.05, 0.1) is 0 Å². The van der Waals surface area contributed by atoms with Crippen molar-refractivity contribution in [1.82, 2.24) is 5.43 Å². The number of hydrogen-bond acceptors (Lipinski definition) is 2. The molecule has 1 atom stereocenters. The third-order valence-electron chi connectivity index (χ3n) is 2.49. The average Bonchev–Trinajstić information content (AvgIpc) is 2.19. The third kappa shape index (κ3) is 3.13. The van der Waals surface area contributed by atoms with E-state index in [2.05, 4.69) is 43.5 Å². The fraction of sp³-hybridized carbons (Fsp3) is 0.500. The normalized spacial score (nSPS) is 12.8. The molecule has 0 bridgehead atoms. The number of aryl methyl sites for hydroxylation is 1. The van der Waals surface area contributed by atoms with Crippen molar-refractivity contribution in [2.24, 2.45) is 5.84 Å². The molecular formula is C12H20N2. The first-order valence-electron chi connectivity index (χ1n) is 5.30. The quantitative estimate of drug-likeness (QED) is 0.556. The first kappa shape index (κ1) is 11.2. The van der Waals surface area contributed by atoms with Gasteiger partial charge in [0.25, 0.3) is 0 Å². The molecule has 78 valence electrons. The Morgan fingerprint density at radius 3 is 2.79 bits per heavy atom. The molecule has 0 fully saturated rings. The van der Waals surface area contributed by atoms with Crippen LogP contribution in [-0.2, 0) is 0 Å². The smallest absolute Gasteiger partial charge is 0.0460 e. The van der Waals surface area contributed by atoms with E-state index in [1.54, 1.807) is 0 Å². The van der Waals surface area contributed by atoms with Crippen molar-refractivity contribution in [2.45, 2.75) is 39.2 Å². The van der Waals surface area contributed by atoms with Gasteiger partial charge in [0, 0.05) is 6.04 Å². The molecule has 1 rings (SSSR count). The van der Waals surface area contributed by atoms with Gasteiger partial charge < -0.3 is 0 Å². The Morgan fingerprint density at radius 1 is 1.43 bits per heavy atom. The van der Waals surface area contributed by atoms with Gasteiger partial charge in [-0.1, -0.05) is 49.6 Å². The van der Waals surface area contributed by atoms with E-state index in [9.17, 15) is 0 Å². The Bertz CT molecular complexity index is 271. The molecule has 0 radical (unpaired) electrons. The van der Waals surface area contributed by atoms with Crippen LogP contribution in [-0.4, -0.2) is 0 Å². The van der Waals surface area contributed by atoms with Gasteiger partial charge in [0.15, 0.2) is 0 Å². The Morgan fingerprint density at radius 2 is 2.21 bits per heavy atom. The van der Waals surface area contributed by atoms with Crippen molar-refractivity contribution in [3.05, 3.63) is 35.4 Å². The molecule has 1 aromatic rings. The van der Waals surface area contributed by atoms with Crippen molar-refractivity contribution in [3.8, 4) is 0 Å². The minimum Gasteiger partial charge on any atom is -0.271 e. The highest BCUT2D eigenvalue weighted by Gasteiger charge is 2.07. The van der Waals surface area contributed by atoms with Gasteiger partial charge in [0.1, 0.15) is 0 Å². The molecule has 2 nitrogen and oxygen atoms in total. The monoisotopic (exact) mass is 192 g/mol. The van der Waals surface area contributed by atoms with Crippen LogP contribution in [0.5, 0.6) is 0 Å². The fourth-order valence-corrected chi connectivity index (χ4v) is 1.64. The van der Waals surface area contributed by atoms with E-state index in [1.807, 2.05) is 0 Å². The summed E-state index contributed by atoms with van der Waals surface area (Å²) in [6, 6.07) is 8.82. The lowest BCUT2D eigenvalue weighted by Crippen LogP contribution is -2.27. The zero-order valence-corrected chi connectivity index (χ0v) is 9.09. The summed E-state index contributed by atoms with van der Waals surface area (Å²) in [5.41, 5.74) is 5.46. The SMILES string of the molecule is CCCCC(NN)c1cccc(C)c1. The van der Waals surface area contributed by atoms with Gasteiger partial charge in [-0.05, 0) is 18.9 Å². The van der Waals surface area contributed by atoms with Crippen LogP contribution in [0.2, 0.25) is 0 Å². The lowest BCUT2D eigenvalue weighted by atomic mass is 10.0. The summed E-state index contributed by atoms with van der Waals surface area (Å²) in [6.45, 7) is 4.31. The number of nitrogens with one attached hydrogen (secondary N) is 1. The highest BCUT2D eigenvalue weighted by atomic mass is 15.2. The summed E-state index contributed by atoms with van der Waals surface area (Å²) < 4.78 is 0. The van der Waals surface area contributed by atoms with Crippen LogP contribution >= 0.6 is 0 Å². The number of hydrazine groups is 1. The summed E-state index contributed by atoms with van der Waals surface area (Å²) in [6.07, 6.45) is 3.53. The van der Waals surface area contributed by atoms with Crippen molar-refractivity contribution >= 4 is 0 Å². The van der Waals surface area contributed by atoms with Crippen molar-refractivity contribution in [1.29, 1.82) is 0 Å². The third-order valence-corrected chi connectivity index (χ3v) is 2.49. The van der Waals surface area contributed by atoms with E-state index in [-0.39, 0.29) is 0 Å². The molecule has 0 saturated heterocycles. The van der Waals surface area contributed by atoms with E-state index in [0.717, 1.165) is 6.42 Å². The summed E-state index contributed by atoms with van der Waals surface area (Å²) >= 11 is 0. The molecule has 0 aliphatic heterocycles. The molecule has 0 amide bonds. The number of benzene rings is 1. The zero-order valence-electron chi connectivity index (χ0n) is 9.09. The summed E-state index contributed by atoms with van der Waals surface area (Å²) in [5.74, 6) is 5.55. The van der Waals surface area contributed by atoms with Gasteiger partial charge in [-0.25, -0.2) is 0 Å². The molecule has 1 unspecified atom stereocenters. The van der Waals surface area contributed by atoms with Crippen LogP contribution in [0.15, 0.2) is 24.3 Å². The van der Waals surface area contributed by atoms with Gasteiger partial charge >= 0.3 is 0 Å². The van der Waals surface area contributed by atoms with Crippen molar-refractivity contribution < 1.29 is 0 Å². The molecular weight excluding hydrogens is 172 g/mol. The Kier molecular flexibility index (Phi) is 4.63. The standard InChI is InChI=1S/C12H20N2/c1-3-4-8-12(14-13)11-7-5-6-10(2)9-11/h5-7,9,12,14H,3-4,8,13H2,1-2H3. The second-order valence-corrected chi connectivity index (χ2v) is 3.78. The maximum Gasteiger partial charge on any atom is 0.0460 e. The summed E-state index contributed by atoms with van der Waals surface area (Å²) in [4.78, 5) is 0. The summed E-state index contributed by atoms with van der Waals surface area (Å²) in [7, 11) is 0. The predicted molar refractivity (Wildman–Crippen MR) is 60.8 cm³/mol. The van der Waals surface area contributed by atoms with Gasteiger partial charge in [0.2, 0.25) is 0 Å². The highest BCUT2D eigenvalue weighted by molar-refractivity contribution is 5.24. The van der Waals surface area contributed by atoms with E-state index in [1.165, 1.54) is 24.0 Å². The first-order chi connectivity index (χ1) is 6.77. The minimum atomic E-state index is 0.301. The van der Waals surface area contributed by atoms with E-state index < -0.39 is 0 Å². The maximum absolute atomic E-state index is 5.55. The van der Waals surface area contributed by atoms with Crippen LogP contribution in [0, 0.1) is 6.92 Å². The number of unbranched alkanes of at least 4 members (excludes halogenated alkanes) is 1. The maximum atomic E-state index is 5.55. The second-order valence-electron chi connectivity index (χ2n) is 3.78. The van der Waals surface area contributed by atoms with E-state index in [0.29, 0.717) is 6.04 Å². The van der Waals surface area contributed by atoms with Crippen LogP contribution in [0.1, 0.15) is 43.4 Å². The minimum absolute atomic E-state index is 0.301. The number of nitrogens with two attached hydrogens (primary N) is 1. The molecule has 1 aromatic carbocycles. The Balaban J connectivity index is 2.68. The molecule has 0 aromatic heterocycles. The highest BCUT2D eigenvalue weighted by Crippen LogP contribution is 2.19. The Labute approximate surface area is 86.5 Å². The zero-order chi connectivity index (χ0) is 10.4. The lowest BCUT2D eigenvalue weighted by Gasteiger charge is -2.16. The Hall–Kier alpha value is -0.860. The van der Waals surface area contributed by atoms with E-state index in [4.69, 9.17) is 5.84 Å². The number of hydrogen-bond donors (Lipinski definition) is 2. The second kappa shape index (κ2) is 5.78. The first-order valence-corrected chi connectivity index (χ1v) is 5.30. The van der Waals surface area contributed by atoms with E-state index >= 15 is 0 Å². The van der Waals surface area contributed by atoms with Crippen LogP contribution in [0.3, 0.4) is 0 Å². The molecule has 0 saturated carbocycles. The summed E-state index contributed by atoms with van der Waals surface area (Å²) in [5, 5.41) is 0. The van der Waals surface area contributed by atoms with Gasteiger partial charge in [-0.15, -0.1) is 0 Å². The molecule has 14 heavy (non-hydrogen) atoms. The van der Waals surface area contributed by atoms with Crippen molar-refractivity contribution in [2.75, 3.05) is 0 Å². The van der Waals surface area contributed by atoms with Crippen LogP contribution in [0.4, 0.5) is 0 Å². The van der Waals surface area contributed by atoms with Crippen LogP contribution < -0.4 is 11.3 Å². The van der Waals surface area contributed by atoms with Crippen LogP contribution in [0.25, 0.3) is 0 Å². The molecule has 0 spiro atoms.